The van der Waals surface area contributed by atoms with Gasteiger partial charge in [-0.2, -0.15) is 5.10 Å². The molecule has 108 valence electrons. The number of nitrogens with zero attached hydrogens (tertiary/aromatic N) is 1. The number of hydrazone groups is 1. The molecule has 0 aliphatic carbocycles. The number of amides is 2. The fraction of sp³-hybridized carbons (Fsp3) is 0.125. The summed E-state index contributed by atoms with van der Waals surface area (Å²) in [7, 11) is 0. The average Bonchev–Trinajstić information content (AvgIpc) is 2.48. The molecule has 0 aliphatic rings. The van der Waals surface area contributed by atoms with Gasteiger partial charge in [0.05, 0.1) is 5.71 Å². The number of nitrogens with two attached hydrogens (primary N) is 1. The average molecular weight is 299 g/mol. The molecule has 0 spiro atoms. The smallest absolute Gasteiger partial charge is 0.332 e. The first-order valence-electron chi connectivity index (χ1n) is 6.49. The third-order valence-corrected chi connectivity index (χ3v) is 3.88. The molecule has 2 aromatic rings. The minimum atomic E-state index is -0.666. The zero-order chi connectivity index (χ0) is 15.2. The molecule has 2 aromatic carbocycles. The van der Waals surface area contributed by atoms with Crippen molar-refractivity contribution in [2.45, 2.75) is 23.6 Å². The number of carbonyl (C=O) groups excluding carboxylic acids is 1. The van der Waals surface area contributed by atoms with Gasteiger partial charge in [0.25, 0.3) is 0 Å². The highest BCUT2D eigenvalue weighted by Crippen LogP contribution is 2.27. The van der Waals surface area contributed by atoms with Crippen molar-refractivity contribution < 1.29 is 4.79 Å². The Morgan fingerprint density at radius 2 is 1.57 bits per heavy atom. The first kappa shape index (κ1) is 15.1. The first-order chi connectivity index (χ1) is 10.0. The number of carbonyl (C=O) groups is 1. The number of hydrogen-bond acceptors (Lipinski definition) is 3. The Morgan fingerprint density at radius 3 is 2.10 bits per heavy atom. The van der Waals surface area contributed by atoms with Crippen LogP contribution < -0.4 is 11.2 Å². The van der Waals surface area contributed by atoms with E-state index >= 15 is 0 Å². The molecular formula is C16H17N3OS. The van der Waals surface area contributed by atoms with E-state index in [1.54, 1.807) is 11.8 Å². The van der Waals surface area contributed by atoms with Gasteiger partial charge < -0.3 is 5.73 Å². The standard InChI is InChI=1S/C16H17N3OS/c1-11-3-7-14(8-4-11)21-15-9-5-13(6-10-15)12(2)18-19-16(17)20/h3-10H,1-2H3,(H3,17,19,20)/b18-12-. The fourth-order valence-corrected chi connectivity index (χ4v) is 2.53. The summed E-state index contributed by atoms with van der Waals surface area (Å²) < 4.78 is 0. The van der Waals surface area contributed by atoms with E-state index in [9.17, 15) is 4.79 Å². The second kappa shape index (κ2) is 6.95. The predicted molar refractivity (Wildman–Crippen MR) is 86.7 cm³/mol. The van der Waals surface area contributed by atoms with Gasteiger partial charge in [-0.15, -0.1) is 0 Å². The third kappa shape index (κ3) is 4.65. The number of aryl methyl sites for hydroxylation is 1. The summed E-state index contributed by atoms with van der Waals surface area (Å²) in [6.45, 7) is 3.89. The van der Waals surface area contributed by atoms with E-state index < -0.39 is 6.03 Å². The summed E-state index contributed by atoms with van der Waals surface area (Å²) in [5, 5.41) is 3.90. The van der Waals surface area contributed by atoms with Gasteiger partial charge in [-0.05, 0) is 43.7 Å². The van der Waals surface area contributed by atoms with Crippen LogP contribution in [0.1, 0.15) is 18.1 Å². The van der Waals surface area contributed by atoms with Gasteiger partial charge in [-0.25, -0.2) is 10.2 Å². The Kier molecular flexibility index (Phi) is 5.00. The van der Waals surface area contributed by atoms with Crippen LogP contribution in [0.25, 0.3) is 0 Å². The molecule has 0 radical (unpaired) electrons. The van der Waals surface area contributed by atoms with Crippen LogP contribution in [0.3, 0.4) is 0 Å². The zero-order valence-corrected chi connectivity index (χ0v) is 12.8. The molecule has 0 heterocycles. The van der Waals surface area contributed by atoms with E-state index in [-0.39, 0.29) is 0 Å². The molecular weight excluding hydrogens is 282 g/mol. The van der Waals surface area contributed by atoms with Crippen LogP contribution in [0.5, 0.6) is 0 Å². The van der Waals surface area contributed by atoms with Crippen molar-refractivity contribution in [2.75, 3.05) is 0 Å². The summed E-state index contributed by atoms with van der Waals surface area (Å²) in [5.41, 5.74) is 10.1. The summed E-state index contributed by atoms with van der Waals surface area (Å²) in [6, 6.07) is 15.8. The molecule has 0 atom stereocenters. The van der Waals surface area contributed by atoms with Gasteiger partial charge in [-0.3, -0.25) is 0 Å². The number of rotatable bonds is 4. The van der Waals surface area contributed by atoms with Crippen LogP contribution in [0.4, 0.5) is 4.79 Å². The quantitative estimate of drug-likeness (QED) is 0.670. The maximum Gasteiger partial charge on any atom is 0.332 e. The lowest BCUT2D eigenvalue weighted by atomic mass is 10.1. The van der Waals surface area contributed by atoms with E-state index in [0.29, 0.717) is 5.71 Å². The zero-order valence-electron chi connectivity index (χ0n) is 12.0. The van der Waals surface area contributed by atoms with Crippen LogP contribution in [-0.2, 0) is 0 Å². The van der Waals surface area contributed by atoms with Crippen LogP contribution in [0.15, 0.2) is 63.4 Å². The van der Waals surface area contributed by atoms with Crippen molar-refractivity contribution in [3.05, 3.63) is 59.7 Å². The fourth-order valence-electron chi connectivity index (χ4n) is 1.71. The van der Waals surface area contributed by atoms with Gasteiger partial charge in [0, 0.05) is 9.79 Å². The van der Waals surface area contributed by atoms with Crippen molar-refractivity contribution in [1.82, 2.24) is 5.43 Å². The van der Waals surface area contributed by atoms with Gasteiger partial charge in [0.2, 0.25) is 0 Å². The minimum absolute atomic E-state index is 0.666. The lowest BCUT2D eigenvalue weighted by Gasteiger charge is -2.05. The molecule has 0 fully saturated rings. The lowest BCUT2D eigenvalue weighted by Crippen LogP contribution is -2.25. The van der Waals surface area contributed by atoms with Crippen molar-refractivity contribution in [3.63, 3.8) is 0 Å². The van der Waals surface area contributed by atoms with Gasteiger partial charge in [0.1, 0.15) is 0 Å². The van der Waals surface area contributed by atoms with Crippen molar-refractivity contribution in [2.24, 2.45) is 10.8 Å². The van der Waals surface area contributed by atoms with Crippen molar-refractivity contribution in [1.29, 1.82) is 0 Å². The predicted octanol–water partition coefficient (Wildman–Crippen LogP) is 3.54. The molecule has 2 rings (SSSR count). The Labute approximate surface area is 128 Å². The number of nitrogens with one attached hydrogen (secondary N) is 1. The maximum atomic E-state index is 10.6. The van der Waals surface area contributed by atoms with E-state index in [2.05, 4.69) is 41.7 Å². The molecule has 4 nitrogen and oxygen atoms in total. The number of hydrogen-bond donors (Lipinski definition) is 2. The van der Waals surface area contributed by atoms with Crippen molar-refractivity contribution >= 4 is 23.5 Å². The summed E-state index contributed by atoms with van der Waals surface area (Å²) in [6.07, 6.45) is 0. The van der Waals surface area contributed by atoms with Crippen molar-refractivity contribution in [3.8, 4) is 0 Å². The SMILES string of the molecule is C/C(=N/NC(N)=O)c1ccc(Sc2ccc(C)cc2)cc1. The second-order valence-electron chi connectivity index (χ2n) is 4.61. The monoisotopic (exact) mass is 299 g/mol. The summed E-state index contributed by atoms with van der Waals surface area (Å²) in [5.74, 6) is 0. The summed E-state index contributed by atoms with van der Waals surface area (Å²) in [4.78, 5) is 13.0. The van der Waals surface area contributed by atoms with E-state index in [0.717, 1.165) is 10.5 Å². The number of benzene rings is 2. The highest BCUT2D eigenvalue weighted by atomic mass is 32.2. The molecule has 0 bridgehead atoms. The normalized spacial score (nSPS) is 11.2. The first-order valence-corrected chi connectivity index (χ1v) is 7.31. The van der Waals surface area contributed by atoms with Gasteiger partial charge in [-0.1, -0.05) is 41.6 Å². The number of primary amides is 1. The Hall–Kier alpha value is -2.27. The van der Waals surface area contributed by atoms with Gasteiger partial charge in [0.15, 0.2) is 0 Å². The molecule has 3 N–H and O–H groups in total. The molecule has 0 unspecified atom stereocenters. The molecule has 5 heteroatoms. The molecule has 2 amide bonds. The van der Waals surface area contributed by atoms with Crippen LogP contribution in [0.2, 0.25) is 0 Å². The van der Waals surface area contributed by atoms with Crippen LogP contribution >= 0.6 is 11.8 Å². The lowest BCUT2D eigenvalue weighted by molar-refractivity contribution is 0.249. The van der Waals surface area contributed by atoms with Crippen LogP contribution in [-0.4, -0.2) is 11.7 Å². The van der Waals surface area contributed by atoms with E-state index in [4.69, 9.17) is 5.73 Å². The molecule has 0 aliphatic heterocycles. The second-order valence-corrected chi connectivity index (χ2v) is 5.76. The highest BCUT2D eigenvalue weighted by molar-refractivity contribution is 7.99. The largest absolute Gasteiger partial charge is 0.350 e. The van der Waals surface area contributed by atoms with Crippen LogP contribution in [0, 0.1) is 6.92 Å². The Balaban J connectivity index is 2.06. The Bertz CT molecular complexity index is 648. The molecule has 0 saturated heterocycles. The minimum Gasteiger partial charge on any atom is -0.350 e. The van der Waals surface area contributed by atoms with E-state index in [1.165, 1.54) is 10.5 Å². The van der Waals surface area contributed by atoms with Gasteiger partial charge >= 0.3 is 6.03 Å². The van der Waals surface area contributed by atoms with E-state index in [1.807, 2.05) is 31.2 Å². The topological polar surface area (TPSA) is 67.5 Å². The third-order valence-electron chi connectivity index (χ3n) is 2.86. The maximum absolute atomic E-state index is 10.6. The molecule has 21 heavy (non-hydrogen) atoms. The number of urea groups is 1. The molecule has 0 saturated carbocycles. The molecule has 0 aromatic heterocycles. The highest BCUT2D eigenvalue weighted by Gasteiger charge is 2.01. The Morgan fingerprint density at radius 1 is 1.05 bits per heavy atom. The summed E-state index contributed by atoms with van der Waals surface area (Å²) >= 11 is 1.71.